The molecule has 0 saturated heterocycles. The molecule has 0 unspecified atom stereocenters. The number of hydrogen-bond donors (Lipinski definition) is 1. The number of fused-ring (bicyclic) bond motifs is 1. The van der Waals surface area contributed by atoms with E-state index in [2.05, 4.69) is 25.0 Å². The predicted molar refractivity (Wildman–Crippen MR) is 98.3 cm³/mol. The van der Waals surface area contributed by atoms with Crippen LogP contribution >= 0.6 is 24.8 Å². The molecule has 0 aliphatic carbocycles. The van der Waals surface area contributed by atoms with E-state index in [-0.39, 0.29) is 24.8 Å². The van der Waals surface area contributed by atoms with Crippen molar-refractivity contribution in [2.24, 2.45) is 0 Å². The lowest BCUT2D eigenvalue weighted by molar-refractivity contribution is 0.507. The minimum atomic E-state index is -0.918. The molecule has 140 valence electrons. The lowest BCUT2D eigenvalue weighted by Gasteiger charge is -2.05. The molecule has 0 amide bonds. The van der Waals surface area contributed by atoms with Crippen LogP contribution in [0, 0.1) is 18.6 Å². The van der Waals surface area contributed by atoms with Crippen molar-refractivity contribution < 1.29 is 8.78 Å². The molecule has 10 heteroatoms. The van der Waals surface area contributed by atoms with Crippen LogP contribution < -0.4 is 5.32 Å². The van der Waals surface area contributed by atoms with E-state index in [0.717, 1.165) is 44.0 Å². The summed E-state index contributed by atoms with van der Waals surface area (Å²) in [6.07, 6.45) is 2.76. The topological polar surface area (TPSA) is 60.6 Å². The van der Waals surface area contributed by atoms with E-state index >= 15 is 0 Å². The second-order valence-corrected chi connectivity index (χ2v) is 5.73. The van der Waals surface area contributed by atoms with Crippen LogP contribution in [0.2, 0.25) is 0 Å². The van der Waals surface area contributed by atoms with E-state index in [9.17, 15) is 8.78 Å². The third-order valence-corrected chi connectivity index (χ3v) is 4.00. The first-order chi connectivity index (χ1) is 11.6. The summed E-state index contributed by atoms with van der Waals surface area (Å²) in [4.78, 5) is 9.07. The van der Waals surface area contributed by atoms with Gasteiger partial charge in [0.05, 0.1) is 5.69 Å². The summed E-state index contributed by atoms with van der Waals surface area (Å²) in [5.74, 6) is 0.232. The fraction of sp³-hybridized carbons (Fsp3) is 0.312. The Bertz CT molecular complexity index is 885. The molecule has 1 N–H and O–H groups in total. The number of aromatic nitrogens is 5. The summed E-state index contributed by atoms with van der Waals surface area (Å²) in [6.45, 7) is 4.36. The molecule has 0 bridgehead atoms. The van der Waals surface area contributed by atoms with Crippen molar-refractivity contribution in [3.63, 3.8) is 0 Å². The number of aryl methyl sites for hydroxylation is 1. The highest BCUT2D eigenvalue weighted by Crippen LogP contribution is 2.22. The van der Waals surface area contributed by atoms with Gasteiger partial charge in [-0.15, -0.1) is 24.8 Å². The first-order valence-electron chi connectivity index (χ1n) is 7.78. The van der Waals surface area contributed by atoms with Gasteiger partial charge in [0, 0.05) is 38.3 Å². The Morgan fingerprint density at radius 1 is 1.08 bits per heavy atom. The molecule has 0 fully saturated rings. The van der Waals surface area contributed by atoms with Crippen LogP contribution in [0.5, 0.6) is 0 Å². The third-order valence-electron chi connectivity index (χ3n) is 4.00. The number of benzene rings is 1. The van der Waals surface area contributed by atoms with Gasteiger partial charge in [0.25, 0.3) is 0 Å². The minimum absolute atomic E-state index is 0. The van der Waals surface area contributed by atoms with E-state index in [4.69, 9.17) is 0 Å². The Morgan fingerprint density at radius 2 is 1.88 bits per heavy atom. The number of hydrogen-bond acceptors (Lipinski definition) is 4. The monoisotopic (exact) mass is 402 g/mol. The van der Waals surface area contributed by atoms with Gasteiger partial charge in [0.15, 0.2) is 17.5 Å². The second kappa shape index (κ2) is 8.11. The Balaban J connectivity index is 0.00000121. The van der Waals surface area contributed by atoms with Crippen LogP contribution in [0.15, 0.2) is 24.4 Å². The SMILES string of the molecule is Cc1nc(-c2cn3c(n2)CCNCC3)n(-c2ccc(F)c(F)c2)n1.Cl.Cl. The summed E-state index contributed by atoms with van der Waals surface area (Å²) >= 11 is 0. The molecular weight excluding hydrogens is 385 g/mol. The minimum Gasteiger partial charge on any atom is -0.333 e. The summed E-state index contributed by atoms with van der Waals surface area (Å²) in [7, 11) is 0. The average molecular weight is 403 g/mol. The normalized spacial score (nSPS) is 13.3. The maximum atomic E-state index is 13.6. The van der Waals surface area contributed by atoms with Crippen LogP contribution in [0.1, 0.15) is 11.6 Å². The zero-order valence-corrected chi connectivity index (χ0v) is 15.6. The van der Waals surface area contributed by atoms with Gasteiger partial charge in [0.2, 0.25) is 0 Å². The molecule has 0 saturated carbocycles. The van der Waals surface area contributed by atoms with Crippen LogP contribution in [-0.2, 0) is 13.0 Å². The molecule has 6 nitrogen and oxygen atoms in total. The lowest BCUT2D eigenvalue weighted by Crippen LogP contribution is -2.17. The fourth-order valence-electron chi connectivity index (χ4n) is 2.86. The van der Waals surface area contributed by atoms with Gasteiger partial charge in [0.1, 0.15) is 17.3 Å². The molecule has 2 aromatic heterocycles. The Labute approximate surface area is 161 Å². The van der Waals surface area contributed by atoms with Crippen LogP contribution in [-0.4, -0.2) is 37.4 Å². The van der Waals surface area contributed by atoms with Crippen molar-refractivity contribution in [2.45, 2.75) is 19.9 Å². The molecule has 4 rings (SSSR count). The fourth-order valence-corrected chi connectivity index (χ4v) is 2.86. The Kier molecular flexibility index (Phi) is 6.33. The maximum absolute atomic E-state index is 13.6. The van der Waals surface area contributed by atoms with E-state index in [1.165, 1.54) is 10.7 Å². The second-order valence-electron chi connectivity index (χ2n) is 5.73. The van der Waals surface area contributed by atoms with Crippen molar-refractivity contribution in [3.8, 4) is 17.2 Å². The maximum Gasteiger partial charge on any atom is 0.183 e. The number of nitrogens with zero attached hydrogens (tertiary/aromatic N) is 5. The van der Waals surface area contributed by atoms with Crippen molar-refractivity contribution >= 4 is 24.8 Å². The number of halogens is 4. The van der Waals surface area contributed by atoms with Crippen LogP contribution in [0.4, 0.5) is 8.78 Å². The van der Waals surface area contributed by atoms with Gasteiger partial charge in [-0.25, -0.2) is 23.4 Å². The van der Waals surface area contributed by atoms with Crippen LogP contribution in [0.3, 0.4) is 0 Å². The first-order valence-corrected chi connectivity index (χ1v) is 7.78. The molecule has 1 aliphatic heterocycles. The highest BCUT2D eigenvalue weighted by molar-refractivity contribution is 5.85. The summed E-state index contributed by atoms with van der Waals surface area (Å²) < 4.78 is 30.4. The van der Waals surface area contributed by atoms with E-state index in [1.54, 1.807) is 6.92 Å². The molecule has 1 aliphatic rings. The van der Waals surface area contributed by atoms with Gasteiger partial charge in [-0.3, -0.25) is 0 Å². The number of imidazole rings is 1. The van der Waals surface area contributed by atoms with Gasteiger partial charge in [-0.2, -0.15) is 5.10 Å². The largest absolute Gasteiger partial charge is 0.333 e. The molecule has 3 heterocycles. The van der Waals surface area contributed by atoms with Gasteiger partial charge >= 0.3 is 0 Å². The van der Waals surface area contributed by atoms with E-state index < -0.39 is 11.6 Å². The predicted octanol–water partition coefficient (Wildman–Crippen LogP) is 2.71. The zero-order chi connectivity index (χ0) is 16.7. The number of nitrogens with one attached hydrogen (secondary N) is 1. The van der Waals surface area contributed by atoms with Gasteiger partial charge < -0.3 is 9.88 Å². The first kappa shape index (κ1) is 20.3. The Hall–Kier alpha value is -2.03. The summed E-state index contributed by atoms with van der Waals surface area (Å²) in [5.41, 5.74) is 1.09. The van der Waals surface area contributed by atoms with Gasteiger partial charge in [-0.05, 0) is 19.1 Å². The quantitative estimate of drug-likeness (QED) is 0.715. The molecular formula is C16H18Cl2F2N6. The summed E-state index contributed by atoms with van der Waals surface area (Å²) in [6, 6.07) is 3.67. The summed E-state index contributed by atoms with van der Waals surface area (Å²) in [5, 5.41) is 7.63. The molecule has 0 spiro atoms. The lowest BCUT2D eigenvalue weighted by atomic mass is 10.3. The molecule has 26 heavy (non-hydrogen) atoms. The zero-order valence-electron chi connectivity index (χ0n) is 13.9. The van der Waals surface area contributed by atoms with Crippen molar-refractivity contribution in [2.75, 3.05) is 13.1 Å². The molecule has 1 aromatic carbocycles. The Morgan fingerprint density at radius 3 is 2.65 bits per heavy atom. The average Bonchev–Trinajstić information content (AvgIpc) is 3.07. The van der Waals surface area contributed by atoms with Gasteiger partial charge in [-0.1, -0.05) is 0 Å². The third kappa shape index (κ3) is 3.72. The van der Waals surface area contributed by atoms with Crippen molar-refractivity contribution in [1.29, 1.82) is 0 Å². The van der Waals surface area contributed by atoms with Crippen molar-refractivity contribution in [3.05, 3.63) is 47.7 Å². The van der Waals surface area contributed by atoms with E-state index in [1.807, 2.05) is 6.20 Å². The smallest absolute Gasteiger partial charge is 0.183 e. The number of rotatable bonds is 2. The molecule has 3 aromatic rings. The van der Waals surface area contributed by atoms with Crippen molar-refractivity contribution in [1.82, 2.24) is 29.6 Å². The van der Waals surface area contributed by atoms with E-state index in [0.29, 0.717) is 23.0 Å². The molecule has 0 radical (unpaired) electrons. The standard InChI is InChI=1S/C16H16F2N6.2ClH/c1-10-20-16(14-9-23-7-6-19-5-4-15(23)21-14)24(22-10)11-2-3-12(17)13(18)8-11;;/h2-3,8-9,19H,4-7H2,1H3;2*1H. The highest BCUT2D eigenvalue weighted by atomic mass is 35.5. The highest BCUT2D eigenvalue weighted by Gasteiger charge is 2.18. The van der Waals surface area contributed by atoms with Crippen LogP contribution in [0.25, 0.3) is 17.2 Å². The molecule has 0 atom stereocenters.